The minimum absolute atomic E-state index is 0.657. The van der Waals surface area contributed by atoms with E-state index in [4.69, 9.17) is 19.4 Å². The molecule has 4 nitrogen and oxygen atoms in total. The average Bonchev–Trinajstić information content (AvgIpc) is 3.74. The second-order valence-electron chi connectivity index (χ2n) is 12.0. The van der Waals surface area contributed by atoms with Crippen LogP contribution in [0.25, 0.3) is 98.2 Å². The van der Waals surface area contributed by atoms with Crippen LogP contribution in [0.5, 0.6) is 0 Å². The number of benzene rings is 6. The summed E-state index contributed by atoms with van der Waals surface area (Å²) in [5, 5.41) is 5.89. The van der Waals surface area contributed by atoms with Crippen LogP contribution in [0.3, 0.4) is 0 Å². The van der Waals surface area contributed by atoms with Crippen molar-refractivity contribution in [2.24, 2.45) is 0 Å². The Morgan fingerprint density at radius 1 is 0.479 bits per heavy atom. The Kier molecular flexibility index (Phi) is 6.01. The molecule has 0 radical (unpaired) electrons. The van der Waals surface area contributed by atoms with E-state index in [2.05, 4.69) is 115 Å². The van der Waals surface area contributed by atoms with Crippen molar-refractivity contribution >= 4 is 64.4 Å². The molecular formula is C43H25N3OS. The lowest BCUT2D eigenvalue weighted by atomic mass is 10.0. The highest BCUT2D eigenvalue weighted by Gasteiger charge is 2.18. The van der Waals surface area contributed by atoms with Crippen LogP contribution < -0.4 is 0 Å². The van der Waals surface area contributed by atoms with Gasteiger partial charge in [0.1, 0.15) is 11.2 Å². The minimum atomic E-state index is 0.657. The summed E-state index contributed by atoms with van der Waals surface area (Å²) in [6.45, 7) is 0. The summed E-state index contributed by atoms with van der Waals surface area (Å²) in [5.41, 5.74) is 9.32. The van der Waals surface area contributed by atoms with Gasteiger partial charge in [-0.1, -0.05) is 121 Å². The predicted molar refractivity (Wildman–Crippen MR) is 199 cm³/mol. The molecule has 0 amide bonds. The van der Waals surface area contributed by atoms with Crippen LogP contribution in [-0.4, -0.2) is 15.0 Å². The van der Waals surface area contributed by atoms with Gasteiger partial charge in [-0.15, -0.1) is 11.3 Å². The molecule has 0 atom stereocenters. The molecule has 10 rings (SSSR count). The van der Waals surface area contributed by atoms with Gasteiger partial charge in [-0.2, -0.15) is 0 Å². The Hall–Kier alpha value is -6.17. The molecule has 0 saturated heterocycles. The fourth-order valence-corrected chi connectivity index (χ4v) is 8.05. The molecule has 10 aromatic rings. The number of furan rings is 1. The van der Waals surface area contributed by atoms with Crippen molar-refractivity contribution in [2.45, 2.75) is 0 Å². The Balaban J connectivity index is 1.14. The lowest BCUT2D eigenvalue weighted by Crippen LogP contribution is -1.96. The third-order valence-corrected chi connectivity index (χ3v) is 10.3. The largest absolute Gasteiger partial charge is 0.455 e. The summed E-state index contributed by atoms with van der Waals surface area (Å²) in [4.78, 5) is 15.4. The summed E-state index contributed by atoms with van der Waals surface area (Å²) >= 11 is 1.80. The molecule has 5 heteroatoms. The van der Waals surface area contributed by atoms with Crippen LogP contribution in [0.2, 0.25) is 0 Å². The van der Waals surface area contributed by atoms with Crippen molar-refractivity contribution in [1.82, 2.24) is 15.0 Å². The van der Waals surface area contributed by atoms with E-state index in [1.54, 1.807) is 11.3 Å². The maximum atomic E-state index is 6.41. The van der Waals surface area contributed by atoms with Crippen molar-refractivity contribution in [3.05, 3.63) is 152 Å². The van der Waals surface area contributed by atoms with Gasteiger partial charge >= 0.3 is 0 Å². The van der Waals surface area contributed by atoms with Crippen LogP contribution in [0.15, 0.2) is 156 Å². The SMILES string of the molecule is c1ccc(-c2cc(-c3cccc4c3oc3ccccc34)nc(-c3ccc(-c4nc5ccccc5c5c4sc4ccccc45)cc3)n2)cc1. The number of hydrogen-bond acceptors (Lipinski definition) is 5. The number of hydrogen-bond donors (Lipinski definition) is 0. The third-order valence-electron chi connectivity index (χ3n) is 9.11. The Morgan fingerprint density at radius 3 is 2.04 bits per heavy atom. The first kappa shape index (κ1) is 27.0. The number of pyridine rings is 1. The van der Waals surface area contributed by atoms with Gasteiger partial charge in [0.2, 0.25) is 0 Å². The monoisotopic (exact) mass is 631 g/mol. The van der Waals surface area contributed by atoms with Crippen LogP contribution in [0, 0.1) is 0 Å². The van der Waals surface area contributed by atoms with Gasteiger partial charge in [-0.05, 0) is 30.3 Å². The van der Waals surface area contributed by atoms with Crippen LogP contribution in [0.1, 0.15) is 0 Å². The molecule has 48 heavy (non-hydrogen) atoms. The molecule has 4 aromatic heterocycles. The molecule has 0 N–H and O–H groups in total. The zero-order valence-corrected chi connectivity index (χ0v) is 26.4. The van der Waals surface area contributed by atoms with E-state index in [0.717, 1.165) is 66.8 Å². The first-order valence-corrected chi connectivity index (χ1v) is 16.8. The van der Waals surface area contributed by atoms with Crippen LogP contribution >= 0.6 is 11.3 Å². The summed E-state index contributed by atoms with van der Waals surface area (Å²) in [6, 6.07) is 52.3. The molecule has 0 aliphatic carbocycles. The fourth-order valence-electron chi connectivity index (χ4n) is 6.83. The van der Waals surface area contributed by atoms with Gasteiger partial charge in [-0.3, -0.25) is 0 Å². The Bertz CT molecular complexity index is 2830. The normalized spacial score (nSPS) is 11.8. The molecule has 0 unspecified atom stereocenters. The van der Waals surface area contributed by atoms with E-state index in [1.807, 2.05) is 36.4 Å². The fraction of sp³-hybridized carbons (Fsp3) is 0. The van der Waals surface area contributed by atoms with Gasteiger partial charge in [0.15, 0.2) is 5.82 Å². The van der Waals surface area contributed by atoms with E-state index in [-0.39, 0.29) is 0 Å². The van der Waals surface area contributed by atoms with Crippen molar-refractivity contribution in [2.75, 3.05) is 0 Å². The van der Waals surface area contributed by atoms with Gasteiger partial charge < -0.3 is 4.42 Å². The molecular weight excluding hydrogens is 607 g/mol. The molecule has 6 aromatic carbocycles. The molecule has 224 valence electrons. The van der Waals surface area contributed by atoms with Crippen molar-refractivity contribution in [3.63, 3.8) is 0 Å². The number of thiophene rings is 1. The number of nitrogens with zero attached hydrogens (tertiary/aromatic N) is 3. The lowest BCUT2D eigenvalue weighted by molar-refractivity contribution is 0.670. The molecule has 0 saturated carbocycles. The number of fused-ring (bicyclic) bond motifs is 8. The number of aromatic nitrogens is 3. The molecule has 0 aliphatic rings. The highest BCUT2D eigenvalue weighted by Crippen LogP contribution is 2.43. The highest BCUT2D eigenvalue weighted by atomic mass is 32.1. The smallest absolute Gasteiger partial charge is 0.160 e. The van der Waals surface area contributed by atoms with Gasteiger partial charge in [0.25, 0.3) is 0 Å². The van der Waals surface area contributed by atoms with E-state index in [9.17, 15) is 0 Å². The van der Waals surface area contributed by atoms with Crippen LogP contribution in [0.4, 0.5) is 0 Å². The van der Waals surface area contributed by atoms with Gasteiger partial charge in [0.05, 0.1) is 27.3 Å². The Labute approximate surface area is 279 Å². The van der Waals surface area contributed by atoms with E-state index in [1.165, 1.54) is 25.6 Å². The Morgan fingerprint density at radius 2 is 1.17 bits per heavy atom. The zero-order valence-electron chi connectivity index (χ0n) is 25.6. The summed E-state index contributed by atoms with van der Waals surface area (Å²) < 4.78 is 8.88. The van der Waals surface area contributed by atoms with E-state index < -0.39 is 0 Å². The van der Waals surface area contributed by atoms with Crippen molar-refractivity contribution < 1.29 is 4.42 Å². The summed E-state index contributed by atoms with van der Waals surface area (Å²) in [7, 11) is 0. The second-order valence-corrected chi connectivity index (χ2v) is 13.0. The first-order valence-electron chi connectivity index (χ1n) is 15.9. The quantitative estimate of drug-likeness (QED) is 0.194. The number of rotatable bonds is 4. The lowest BCUT2D eigenvalue weighted by Gasteiger charge is -2.11. The molecule has 0 fully saturated rings. The molecule has 0 aliphatic heterocycles. The second kappa shape index (κ2) is 10.7. The van der Waals surface area contributed by atoms with Gasteiger partial charge in [0, 0.05) is 53.9 Å². The third kappa shape index (κ3) is 4.25. The number of para-hydroxylation sites is 3. The maximum Gasteiger partial charge on any atom is 0.160 e. The average molecular weight is 632 g/mol. The summed E-state index contributed by atoms with van der Waals surface area (Å²) in [6.07, 6.45) is 0. The highest BCUT2D eigenvalue weighted by molar-refractivity contribution is 7.26. The standard InChI is InChI=1S/C43H25N3OS/c1-2-11-26(12-3-1)35-25-36(32-17-10-16-30-29-13-5-8-19-37(29)47-41(30)32)46-43(45-35)28-23-21-27(22-24-28)40-42-39(31-14-4-7-18-34(31)44-40)33-15-6-9-20-38(33)48-42/h1-25H. The minimum Gasteiger partial charge on any atom is -0.455 e. The molecule has 0 spiro atoms. The van der Waals surface area contributed by atoms with Gasteiger partial charge in [-0.25, -0.2) is 15.0 Å². The van der Waals surface area contributed by atoms with Crippen LogP contribution in [-0.2, 0) is 0 Å². The van der Waals surface area contributed by atoms with E-state index >= 15 is 0 Å². The first-order chi connectivity index (χ1) is 23.8. The van der Waals surface area contributed by atoms with Crippen molar-refractivity contribution in [1.29, 1.82) is 0 Å². The maximum absolute atomic E-state index is 6.41. The molecule has 4 heterocycles. The zero-order chi connectivity index (χ0) is 31.6. The van der Waals surface area contributed by atoms with E-state index in [0.29, 0.717) is 5.82 Å². The summed E-state index contributed by atoms with van der Waals surface area (Å²) in [5.74, 6) is 0.657. The topological polar surface area (TPSA) is 51.8 Å². The molecule has 0 bridgehead atoms. The predicted octanol–water partition coefficient (Wildman–Crippen LogP) is 12.0. The van der Waals surface area contributed by atoms with Crippen molar-refractivity contribution in [3.8, 4) is 45.2 Å².